The fourth-order valence-corrected chi connectivity index (χ4v) is 3.06. The van der Waals surface area contributed by atoms with Crippen LogP contribution in [0.2, 0.25) is 0 Å². The van der Waals surface area contributed by atoms with Gasteiger partial charge in [0.1, 0.15) is 0 Å². The first kappa shape index (κ1) is 17.2. The van der Waals surface area contributed by atoms with Crippen LogP contribution in [-0.4, -0.2) is 25.6 Å². The van der Waals surface area contributed by atoms with Gasteiger partial charge in [-0.3, -0.25) is 10.1 Å². The third-order valence-electron chi connectivity index (χ3n) is 2.36. The van der Waals surface area contributed by atoms with Gasteiger partial charge in [0.25, 0.3) is 5.69 Å². The van der Waals surface area contributed by atoms with Crippen molar-refractivity contribution in [2.75, 3.05) is 5.73 Å². The van der Waals surface area contributed by atoms with E-state index in [-0.39, 0.29) is 5.69 Å². The lowest BCUT2D eigenvalue weighted by Gasteiger charge is -2.16. The molecule has 0 fully saturated rings. The molecule has 1 rings (SSSR count). The number of nitro groups is 1. The molecule has 0 aliphatic carbocycles. The SMILES string of the molecule is CC(CC(F)(F)F)NS(=O)(=O)c1cc(N)ccc1[N+](=O)[O-]. The second kappa shape index (κ2) is 5.85. The number of alkyl halides is 3. The maximum Gasteiger partial charge on any atom is 0.390 e. The van der Waals surface area contributed by atoms with Crippen LogP contribution in [0.4, 0.5) is 24.5 Å². The van der Waals surface area contributed by atoms with Gasteiger partial charge in [-0.15, -0.1) is 0 Å². The first-order valence-corrected chi connectivity index (χ1v) is 7.03. The van der Waals surface area contributed by atoms with Crippen molar-refractivity contribution in [3.8, 4) is 0 Å². The number of benzene rings is 1. The molecule has 11 heteroatoms. The fourth-order valence-electron chi connectivity index (χ4n) is 1.61. The van der Waals surface area contributed by atoms with E-state index in [1.807, 2.05) is 0 Å². The number of nitrogen functional groups attached to an aromatic ring is 1. The van der Waals surface area contributed by atoms with E-state index in [1.165, 1.54) is 0 Å². The molecule has 21 heavy (non-hydrogen) atoms. The molecule has 1 unspecified atom stereocenters. The van der Waals surface area contributed by atoms with Gasteiger partial charge in [0.05, 0.1) is 11.3 Å². The number of nitro benzene ring substituents is 1. The summed E-state index contributed by atoms with van der Waals surface area (Å²) in [6, 6.07) is 1.34. The maximum atomic E-state index is 12.2. The number of anilines is 1. The van der Waals surface area contributed by atoms with E-state index in [2.05, 4.69) is 0 Å². The molecular weight excluding hydrogens is 315 g/mol. The molecule has 1 aromatic carbocycles. The van der Waals surface area contributed by atoms with E-state index < -0.39 is 44.2 Å². The third-order valence-corrected chi connectivity index (χ3v) is 3.98. The molecule has 7 nitrogen and oxygen atoms in total. The smallest absolute Gasteiger partial charge is 0.390 e. The van der Waals surface area contributed by atoms with Crippen LogP contribution >= 0.6 is 0 Å². The fraction of sp³-hybridized carbons (Fsp3) is 0.400. The summed E-state index contributed by atoms with van der Waals surface area (Å²) in [5, 5.41) is 10.8. The van der Waals surface area contributed by atoms with Crippen molar-refractivity contribution < 1.29 is 26.5 Å². The Balaban J connectivity index is 3.14. The average Bonchev–Trinajstić information content (AvgIpc) is 2.24. The summed E-state index contributed by atoms with van der Waals surface area (Å²) < 4.78 is 62.3. The molecule has 0 aromatic heterocycles. The molecule has 0 amide bonds. The van der Waals surface area contributed by atoms with Crippen LogP contribution in [0.1, 0.15) is 13.3 Å². The highest BCUT2D eigenvalue weighted by Crippen LogP contribution is 2.27. The van der Waals surface area contributed by atoms with Crippen molar-refractivity contribution in [2.24, 2.45) is 0 Å². The van der Waals surface area contributed by atoms with Gasteiger partial charge in [-0.1, -0.05) is 0 Å². The highest BCUT2D eigenvalue weighted by atomic mass is 32.2. The lowest BCUT2D eigenvalue weighted by molar-refractivity contribution is -0.387. The van der Waals surface area contributed by atoms with E-state index in [9.17, 15) is 31.7 Å². The Morgan fingerprint density at radius 2 is 2.00 bits per heavy atom. The molecule has 0 bridgehead atoms. The molecule has 0 heterocycles. The maximum absolute atomic E-state index is 12.2. The van der Waals surface area contributed by atoms with Crippen molar-refractivity contribution in [2.45, 2.75) is 30.5 Å². The van der Waals surface area contributed by atoms with E-state index in [0.29, 0.717) is 0 Å². The Morgan fingerprint density at radius 1 is 1.43 bits per heavy atom. The second-order valence-electron chi connectivity index (χ2n) is 4.33. The van der Waals surface area contributed by atoms with Gasteiger partial charge in [0.15, 0.2) is 4.90 Å². The lowest BCUT2D eigenvalue weighted by atomic mass is 10.2. The van der Waals surface area contributed by atoms with Gasteiger partial charge in [-0.25, -0.2) is 13.1 Å². The van der Waals surface area contributed by atoms with Gasteiger partial charge in [0.2, 0.25) is 10.0 Å². The normalized spacial score (nSPS) is 13.9. The average molecular weight is 327 g/mol. The Morgan fingerprint density at radius 3 is 2.48 bits per heavy atom. The van der Waals surface area contributed by atoms with E-state index in [0.717, 1.165) is 25.1 Å². The summed E-state index contributed by atoms with van der Waals surface area (Å²) in [6.45, 7) is 1.00. The summed E-state index contributed by atoms with van der Waals surface area (Å²) in [7, 11) is -4.50. The van der Waals surface area contributed by atoms with Crippen LogP contribution in [0.3, 0.4) is 0 Å². The topological polar surface area (TPSA) is 115 Å². The molecular formula is C10H12F3N3O4S. The molecule has 3 N–H and O–H groups in total. The lowest BCUT2D eigenvalue weighted by Crippen LogP contribution is -2.36. The minimum Gasteiger partial charge on any atom is -0.399 e. The number of hydrogen-bond acceptors (Lipinski definition) is 5. The number of halogens is 3. The number of hydrogen-bond donors (Lipinski definition) is 2. The second-order valence-corrected chi connectivity index (χ2v) is 6.01. The van der Waals surface area contributed by atoms with Crippen LogP contribution in [0.15, 0.2) is 23.1 Å². The van der Waals surface area contributed by atoms with Crippen LogP contribution in [0, 0.1) is 10.1 Å². The Labute approximate surface area is 118 Å². The predicted octanol–water partition coefficient (Wildman–Crippen LogP) is 1.80. The highest BCUT2D eigenvalue weighted by Gasteiger charge is 2.33. The Kier molecular flexibility index (Phi) is 4.79. The number of nitrogens with two attached hydrogens (primary N) is 1. The number of nitrogens with zero attached hydrogens (tertiary/aromatic N) is 1. The van der Waals surface area contributed by atoms with Crippen LogP contribution in [0.25, 0.3) is 0 Å². The van der Waals surface area contributed by atoms with Crippen molar-refractivity contribution >= 4 is 21.4 Å². The molecule has 1 atom stereocenters. The molecule has 0 aliphatic heterocycles. The van der Waals surface area contributed by atoms with E-state index in [4.69, 9.17) is 5.73 Å². The van der Waals surface area contributed by atoms with Gasteiger partial charge in [-0.2, -0.15) is 13.2 Å². The predicted molar refractivity (Wildman–Crippen MR) is 68.0 cm³/mol. The molecule has 0 saturated heterocycles. The Hall–Kier alpha value is -1.88. The number of rotatable bonds is 5. The van der Waals surface area contributed by atoms with Gasteiger partial charge in [0, 0.05) is 17.8 Å². The largest absolute Gasteiger partial charge is 0.399 e. The molecule has 0 saturated carbocycles. The van der Waals surface area contributed by atoms with Crippen LogP contribution < -0.4 is 10.5 Å². The number of nitrogens with one attached hydrogen (secondary N) is 1. The molecule has 1 aromatic rings. The van der Waals surface area contributed by atoms with Crippen molar-refractivity contribution in [1.82, 2.24) is 4.72 Å². The summed E-state index contributed by atoms with van der Waals surface area (Å²) >= 11 is 0. The summed E-state index contributed by atoms with van der Waals surface area (Å²) in [5.41, 5.74) is 4.53. The summed E-state index contributed by atoms with van der Waals surface area (Å²) in [5.74, 6) is 0. The quantitative estimate of drug-likeness (QED) is 0.486. The highest BCUT2D eigenvalue weighted by molar-refractivity contribution is 7.89. The van der Waals surface area contributed by atoms with Gasteiger partial charge < -0.3 is 5.73 Å². The molecule has 0 radical (unpaired) electrons. The zero-order valence-corrected chi connectivity index (χ0v) is 11.5. The first-order chi connectivity index (χ1) is 9.42. The van der Waals surface area contributed by atoms with Crippen molar-refractivity contribution in [3.05, 3.63) is 28.3 Å². The van der Waals surface area contributed by atoms with E-state index in [1.54, 1.807) is 4.72 Å². The Bertz CT molecular complexity index is 645. The number of sulfonamides is 1. The zero-order chi connectivity index (χ0) is 16.4. The van der Waals surface area contributed by atoms with Crippen LogP contribution in [0.5, 0.6) is 0 Å². The molecule has 0 aliphatic rings. The molecule has 118 valence electrons. The van der Waals surface area contributed by atoms with E-state index >= 15 is 0 Å². The van der Waals surface area contributed by atoms with Crippen LogP contribution in [-0.2, 0) is 10.0 Å². The minimum absolute atomic E-state index is 0.0653. The minimum atomic E-state index is -4.57. The summed E-state index contributed by atoms with van der Waals surface area (Å²) in [6.07, 6.45) is -5.97. The van der Waals surface area contributed by atoms with Gasteiger partial charge in [-0.05, 0) is 19.1 Å². The first-order valence-electron chi connectivity index (χ1n) is 5.55. The zero-order valence-electron chi connectivity index (χ0n) is 10.7. The van der Waals surface area contributed by atoms with Gasteiger partial charge >= 0.3 is 6.18 Å². The standard InChI is InChI=1S/C10H12F3N3O4S/c1-6(5-10(11,12)13)15-21(19,20)9-4-7(14)2-3-8(9)16(17)18/h2-4,6,15H,5,14H2,1H3. The summed E-state index contributed by atoms with van der Waals surface area (Å²) in [4.78, 5) is 9.05. The monoisotopic (exact) mass is 327 g/mol. The molecule has 0 spiro atoms. The third kappa shape index (κ3) is 4.86. The van der Waals surface area contributed by atoms with Crippen molar-refractivity contribution in [1.29, 1.82) is 0 Å². The van der Waals surface area contributed by atoms with Crippen molar-refractivity contribution in [3.63, 3.8) is 0 Å².